The molecule has 4 heteroatoms. The Bertz CT molecular complexity index is 528. The van der Waals surface area contributed by atoms with E-state index in [9.17, 15) is 0 Å². The summed E-state index contributed by atoms with van der Waals surface area (Å²) >= 11 is 0. The van der Waals surface area contributed by atoms with E-state index in [4.69, 9.17) is 10.1 Å². The van der Waals surface area contributed by atoms with E-state index in [2.05, 4.69) is 4.98 Å². The van der Waals surface area contributed by atoms with E-state index in [0.29, 0.717) is 0 Å². The lowest BCUT2D eigenvalue weighted by Gasteiger charge is -2.22. The summed E-state index contributed by atoms with van der Waals surface area (Å²) in [6.45, 7) is 3.97. The number of imidazole rings is 1. The molecule has 0 aliphatic heterocycles. The zero-order chi connectivity index (χ0) is 11.8. The molecule has 2 heterocycles. The highest BCUT2D eigenvalue weighted by Crippen LogP contribution is 2.30. The number of hydrogen-bond donors (Lipinski definition) is 1. The number of pyridine rings is 1. The molecule has 0 aliphatic carbocycles. The maximum atomic E-state index is 7.48. The van der Waals surface area contributed by atoms with Crippen molar-refractivity contribution in [3.8, 4) is 5.75 Å². The maximum absolute atomic E-state index is 7.48. The Morgan fingerprint density at radius 2 is 2.25 bits per heavy atom. The molecule has 0 atom stereocenters. The molecule has 2 rings (SSSR count). The van der Waals surface area contributed by atoms with Crippen LogP contribution in [0.3, 0.4) is 0 Å². The van der Waals surface area contributed by atoms with Gasteiger partial charge in [-0.3, -0.25) is 0 Å². The van der Waals surface area contributed by atoms with Gasteiger partial charge < -0.3 is 14.5 Å². The molecular weight excluding hydrogens is 202 g/mol. The summed E-state index contributed by atoms with van der Waals surface area (Å²) in [6.07, 6.45) is 6.93. The molecule has 0 fully saturated rings. The molecule has 0 radical (unpaired) electrons. The highest BCUT2D eigenvalue weighted by atomic mass is 16.5. The highest BCUT2D eigenvalue weighted by Gasteiger charge is 2.22. The molecule has 0 saturated heterocycles. The van der Waals surface area contributed by atoms with Gasteiger partial charge in [0.15, 0.2) is 0 Å². The minimum Gasteiger partial charge on any atom is -0.495 e. The summed E-state index contributed by atoms with van der Waals surface area (Å²) in [5.41, 5.74) is 1.49. The number of ether oxygens (including phenoxy) is 1. The molecule has 4 nitrogen and oxygen atoms in total. The fourth-order valence-corrected chi connectivity index (χ4v) is 1.69. The van der Waals surface area contributed by atoms with Crippen LogP contribution >= 0.6 is 0 Å². The monoisotopic (exact) mass is 217 g/mol. The number of aromatic nitrogens is 2. The predicted molar refractivity (Wildman–Crippen MR) is 63.6 cm³/mol. The number of hydrogen-bond acceptors (Lipinski definition) is 3. The van der Waals surface area contributed by atoms with E-state index >= 15 is 0 Å². The van der Waals surface area contributed by atoms with Crippen LogP contribution in [-0.2, 0) is 5.41 Å². The van der Waals surface area contributed by atoms with E-state index in [-0.39, 0.29) is 5.41 Å². The van der Waals surface area contributed by atoms with Crippen LogP contribution < -0.4 is 4.74 Å². The molecule has 0 aliphatic rings. The minimum absolute atomic E-state index is 0.348. The van der Waals surface area contributed by atoms with Gasteiger partial charge in [0, 0.05) is 29.6 Å². The van der Waals surface area contributed by atoms with E-state index in [0.717, 1.165) is 17.0 Å². The summed E-state index contributed by atoms with van der Waals surface area (Å²) < 4.78 is 7.26. The second kappa shape index (κ2) is 3.63. The first-order valence-corrected chi connectivity index (χ1v) is 5.11. The van der Waals surface area contributed by atoms with Gasteiger partial charge in [-0.25, -0.2) is 4.98 Å². The second-order valence-corrected chi connectivity index (χ2v) is 4.31. The highest BCUT2D eigenvalue weighted by molar-refractivity contribution is 5.72. The molecule has 1 N–H and O–H groups in total. The van der Waals surface area contributed by atoms with Gasteiger partial charge in [0.05, 0.1) is 13.3 Å². The van der Waals surface area contributed by atoms with Gasteiger partial charge in [-0.1, -0.05) is 13.8 Å². The summed E-state index contributed by atoms with van der Waals surface area (Å²) in [5, 5.41) is 7.48. The van der Waals surface area contributed by atoms with Gasteiger partial charge in [0.25, 0.3) is 0 Å². The van der Waals surface area contributed by atoms with Crippen LogP contribution in [0.4, 0.5) is 0 Å². The summed E-state index contributed by atoms with van der Waals surface area (Å²) in [6, 6.07) is 1.96. The summed E-state index contributed by atoms with van der Waals surface area (Å²) in [7, 11) is 1.64. The third kappa shape index (κ3) is 1.56. The Morgan fingerprint density at radius 3 is 2.88 bits per heavy atom. The molecule has 16 heavy (non-hydrogen) atoms. The second-order valence-electron chi connectivity index (χ2n) is 4.31. The number of methoxy groups -OCH3 is 1. The van der Waals surface area contributed by atoms with E-state index in [1.807, 2.05) is 36.7 Å². The van der Waals surface area contributed by atoms with Gasteiger partial charge in [-0.15, -0.1) is 0 Å². The van der Waals surface area contributed by atoms with Gasteiger partial charge in [0.1, 0.15) is 11.4 Å². The van der Waals surface area contributed by atoms with Crippen molar-refractivity contribution < 1.29 is 4.74 Å². The zero-order valence-corrected chi connectivity index (χ0v) is 9.69. The van der Waals surface area contributed by atoms with E-state index in [1.54, 1.807) is 13.3 Å². The SMILES string of the molecule is COc1cn2ccnc2cc1C(C)(C)C=N. The molecule has 2 aromatic heterocycles. The molecule has 2 aromatic rings. The van der Waals surface area contributed by atoms with Crippen molar-refractivity contribution in [1.82, 2.24) is 9.38 Å². The van der Waals surface area contributed by atoms with E-state index in [1.165, 1.54) is 6.21 Å². The lowest BCUT2D eigenvalue weighted by atomic mass is 9.86. The standard InChI is InChI=1S/C12H15N3O/c1-12(2,8-13)9-6-11-14-4-5-15(11)7-10(9)16-3/h4-8,13H,1-3H3. The lowest BCUT2D eigenvalue weighted by molar-refractivity contribution is 0.402. The molecule has 84 valence electrons. The molecule has 0 unspecified atom stereocenters. The van der Waals surface area contributed by atoms with Crippen LogP contribution in [0.2, 0.25) is 0 Å². The summed E-state index contributed by atoms with van der Waals surface area (Å²) in [5.74, 6) is 0.777. The quantitative estimate of drug-likeness (QED) is 0.802. The fourth-order valence-electron chi connectivity index (χ4n) is 1.69. The maximum Gasteiger partial charge on any atom is 0.139 e. The number of nitrogens with zero attached hydrogens (tertiary/aromatic N) is 2. The van der Waals surface area contributed by atoms with Crippen molar-refractivity contribution in [2.45, 2.75) is 19.3 Å². The first kappa shape index (κ1) is 10.7. The predicted octanol–water partition coefficient (Wildman–Crippen LogP) is 2.27. The smallest absolute Gasteiger partial charge is 0.139 e. The van der Waals surface area contributed by atoms with Crippen LogP contribution in [0.15, 0.2) is 24.7 Å². The topological polar surface area (TPSA) is 50.4 Å². The van der Waals surface area contributed by atoms with Crippen molar-refractivity contribution in [2.75, 3.05) is 7.11 Å². The molecule has 0 spiro atoms. The van der Waals surface area contributed by atoms with E-state index < -0.39 is 0 Å². The minimum atomic E-state index is -0.348. The first-order valence-electron chi connectivity index (χ1n) is 5.11. The van der Waals surface area contributed by atoms with Crippen molar-refractivity contribution in [2.24, 2.45) is 0 Å². The van der Waals surface area contributed by atoms with Crippen LogP contribution in [0.5, 0.6) is 5.75 Å². The number of nitrogens with one attached hydrogen (secondary N) is 1. The Hall–Kier alpha value is -1.84. The zero-order valence-electron chi connectivity index (χ0n) is 9.69. The van der Waals surface area contributed by atoms with Gasteiger partial charge in [-0.2, -0.15) is 0 Å². The molecule has 0 saturated carbocycles. The third-order valence-corrected chi connectivity index (χ3v) is 2.77. The number of rotatable bonds is 3. The van der Waals surface area contributed by atoms with Crippen molar-refractivity contribution in [3.63, 3.8) is 0 Å². The molecule has 0 amide bonds. The average molecular weight is 217 g/mol. The fraction of sp³-hybridized carbons (Fsp3) is 0.333. The van der Waals surface area contributed by atoms with Gasteiger partial charge >= 0.3 is 0 Å². The largest absolute Gasteiger partial charge is 0.495 e. The average Bonchev–Trinajstić information content (AvgIpc) is 2.74. The van der Waals surface area contributed by atoms with Crippen LogP contribution in [0, 0.1) is 5.41 Å². The lowest BCUT2D eigenvalue weighted by Crippen LogP contribution is -2.19. The Morgan fingerprint density at radius 1 is 1.50 bits per heavy atom. The Kier molecular flexibility index (Phi) is 2.42. The first-order chi connectivity index (χ1) is 7.58. The Labute approximate surface area is 94.4 Å². The van der Waals surface area contributed by atoms with Crippen LogP contribution in [0.25, 0.3) is 5.65 Å². The van der Waals surface area contributed by atoms with Crippen LogP contribution in [-0.4, -0.2) is 22.7 Å². The third-order valence-electron chi connectivity index (χ3n) is 2.77. The van der Waals surface area contributed by atoms with Crippen LogP contribution in [0.1, 0.15) is 19.4 Å². The normalized spacial score (nSPS) is 11.7. The summed E-state index contributed by atoms with van der Waals surface area (Å²) in [4.78, 5) is 4.23. The van der Waals surface area contributed by atoms with Gasteiger partial charge in [0.2, 0.25) is 0 Å². The molecular formula is C12H15N3O. The van der Waals surface area contributed by atoms with Crippen molar-refractivity contribution in [1.29, 1.82) is 5.41 Å². The molecule has 0 aromatic carbocycles. The Balaban J connectivity index is 2.70. The van der Waals surface area contributed by atoms with Crippen molar-refractivity contribution >= 4 is 11.9 Å². The molecule has 0 bridgehead atoms. The van der Waals surface area contributed by atoms with Crippen molar-refractivity contribution in [3.05, 3.63) is 30.2 Å². The number of fused-ring (bicyclic) bond motifs is 1. The van der Waals surface area contributed by atoms with Gasteiger partial charge in [-0.05, 0) is 6.07 Å².